The molecule has 1 unspecified atom stereocenters. The summed E-state index contributed by atoms with van der Waals surface area (Å²) < 4.78 is 24.9. The molecule has 0 aliphatic carbocycles. The Balaban J connectivity index is 2.13. The van der Waals surface area contributed by atoms with Gasteiger partial charge in [0.05, 0.1) is 5.75 Å². The summed E-state index contributed by atoms with van der Waals surface area (Å²) in [6, 6.07) is 0. The fourth-order valence-electron chi connectivity index (χ4n) is 1.23. The largest absolute Gasteiger partial charge is 0.316 e. The van der Waals surface area contributed by atoms with Crippen LogP contribution in [0.5, 0.6) is 0 Å². The van der Waals surface area contributed by atoms with Gasteiger partial charge in [-0.25, -0.2) is 8.78 Å². The molecule has 1 heterocycles. The van der Waals surface area contributed by atoms with Gasteiger partial charge in [-0.05, 0) is 19.4 Å². The first kappa shape index (κ1) is 10.3. The van der Waals surface area contributed by atoms with E-state index in [0.29, 0.717) is 5.25 Å². The lowest BCUT2D eigenvalue weighted by Crippen LogP contribution is -2.32. The van der Waals surface area contributed by atoms with Gasteiger partial charge in [-0.3, -0.25) is 0 Å². The predicted molar refractivity (Wildman–Crippen MR) is 49.0 cm³/mol. The van der Waals surface area contributed by atoms with Crippen molar-refractivity contribution in [2.45, 2.75) is 30.9 Å². The Kier molecular flexibility index (Phi) is 3.77. The molecule has 0 aromatic rings. The van der Waals surface area contributed by atoms with E-state index < -0.39 is 5.92 Å². The van der Waals surface area contributed by atoms with Crippen molar-refractivity contribution < 1.29 is 8.78 Å². The van der Waals surface area contributed by atoms with Crippen molar-refractivity contribution in [1.29, 1.82) is 0 Å². The number of halogens is 2. The molecule has 0 aromatic heterocycles. The van der Waals surface area contributed by atoms with Crippen molar-refractivity contribution in [3.05, 3.63) is 0 Å². The molecule has 0 amide bonds. The molecule has 0 radical (unpaired) electrons. The van der Waals surface area contributed by atoms with Crippen LogP contribution in [0.25, 0.3) is 0 Å². The summed E-state index contributed by atoms with van der Waals surface area (Å²) in [5.74, 6) is -2.55. The van der Waals surface area contributed by atoms with E-state index in [2.05, 4.69) is 5.32 Å². The molecule has 0 spiro atoms. The van der Waals surface area contributed by atoms with E-state index in [-0.39, 0.29) is 5.75 Å². The second kappa shape index (κ2) is 4.42. The smallest absolute Gasteiger partial charge is 0.254 e. The Morgan fingerprint density at radius 1 is 1.58 bits per heavy atom. The topological polar surface area (TPSA) is 12.0 Å². The van der Waals surface area contributed by atoms with Crippen LogP contribution in [0, 0.1) is 0 Å². The molecular weight excluding hydrogens is 180 g/mol. The van der Waals surface area contributed by atoms with E-state index >= 15 is 0 Å². The summed E-state index contributed by atoms with van der Waals surface area (Å²) in [7, 11) is 0. The quantitative estimate of drug-likeness (QED) is 0.740. The minimum atomic E-state index is -2.51. The lowest BCUT2D eigenvalue weighted by Gasteiger charge is -2.23. The Morgan fingerprint density at radius 3 is 2.83 bits per heavy atom. The molecule has 1 atom stereocenters. The third-order valence-electron chi connectivity index (χ3n) is 1.82. The van der Waals surface area contributed by atoms with Crippen molar-refractivity contribution in [3.8, 4) is 0 Å². The van der Waals surface area contributed by atoms with Gasteiger partial charge in [-0.1, -0.05) is 0 Å². The highest BCUT2D eigenvalue weighted by Gasteiger charge is 2.24. The zero-order valence-electron chi connectivity index (χ0n) is 7.28. The second-order valence-corrected chi connectivity index (χ2v) is 4.64. The summed E-state index contributed by atoms with van der Waals surface area (Å²) in [6.45, 7) is 2.91. The first-order valence-corrected chi connectivity index (χ1v) is 5.33. The molecule has 1 aliphatic rings. The fraction of sp³-hybridized carbons (Fsp3) is 1.00. The highest BCUT2D eigenvalue weighted by Crippen LogP contribution is 2.25. The van der Waals surface area contributed by atoms with Gasteiger partial charge in [-0.2, -0.15) is 11.8 Å². The van der Waals surface area contributed by atoms with Crippen molar-refractivity contribution in [2.75, 3.05) is 18.8 Å². The number of nitrogens with one attached hydrogen (secondary N) is 1. The van der Waals surface area contributed by atoms with Crippen molar-refractivity contribution in [3.63, 3.8) is 0 Å². The predicted octanol–water partition coefficient (Wildman–Crippen LogP) is 2.13. The van der Waals surface area contributed by atoms with Gasteiger partial charge < -0.3 is 5.32 Å². The molecule has 1 aliphatic heterocycles. The Morgan fingerprint density at radius 2 is 2.33 bits per heavy atom. The van der Waals surface area contributed by atoms with Crippen LogP contribution < -0.4 is 5.32 Å². The maximum Gasteiger partial charge on any atom is 0.254 e. The number of piperidine rings is 1. The molecule has 4 heteroatoms. The van der Waals surface area contributed by atoms with Crippen LogP contribution in [0.3, 0.4) is 0 Å². The van der Waals surface area contributed by atoms with Crippen molar-refractivity contribution in [1.82, 2.24) is 5.32 Å². The van der Waals surface area contributed by atoms with Crippen LogP contribution in [0.1, 0.15) is 19.8 Å². The molecule has 0 saturated carbocycles. The van der Waals surface area contributed by atoms with E-state index in [0.717, 1.165) is 32.9 Å². The van der Waals surface area contributed by atoms with Crippen molar-refractivity contribution >= 4 is 11.8 Å². The average molecular weight is 195 g/mol. The summed E-state index contributed by atoms with van der Waals surface area (Å²) in [5.41, 5.74) is 0. The molecule has 1 fully saturated rings. The maximum atomic E-state index is 12.4. The second-order valence-electron chi connectivity index (χ2n) is 3.35. The van der Waals surface area contributed by atoms with Gasteiger partial charge in [0.15, 0.2) is 0 Å². The molecule has 0 aromatic carbocycles. The van der Waals surface area contributed by atoms with E-state index in [4.69, 9.17) is 0 Å². The minimum Gasteiger partial charge on any atom is -0.316 e. The molecule has 0 bridgehead atoms. The minimum absolute atomic E-state index is 0.0423. The van der Waals surface area contributed by atoms with E-state index in [9.17, 15) is 8.78 Å². The highest BCUT2D eigenvalue weighted by atomic mass is 32.2. The molecule has 72 valence electrons. The van der Waals surface area contributed by atoms with E-state index in [1.807, 2.05) is 0 Å². The maximum absolute atomic E-state index is 12.4. The van der Waals surface area contributed by atoms with Crippen LogP contribution in [0.15, 0.2) is 0 Å². The summed E-state index contributed by atoms with van der Waals surface area (Å²) in [6.07, 6.45) is 2.20. The van der Waals surface area contributed by atoms with E-state index in [1.165, 1.54) is 11.8 Å². The third kappa shape index (κ3) is 4.26. The summed E-state index contributed by atoms with van der Waals surface area (Å²) in [4.78, 5) is 0. The van der Waals surface area contributed by atoms with Gasteiger partial charge in [0.2, 0.25) is 0 Å². The van der Waals surface area contributed by atoms with Gasteiger partial charge in [-0.15, -0.1) is 0 Å². The van der Waals surface area contributed by atoms with E-state index in [1.54, 1.807) is 0 Å². The molecule has 12 heavy (non-hydrogen) atoms. The number of rotatable bonds is 3. The molecule has 1 nitrogen and oxygen atoms in total. The SMILES string of the molecule is CC(F)(F)CSC1CCCNC1. The number of alkyl halides is 2. The molecule has 1 N–H and O–H groups in total. The Bertz CT molecular complexity index is 130. The Hall–Kier alpha value is 0.170. The third-order valence-corrected chi connectivity index (χ3v) is 3.37. The van der Waals surface area contributed by atoms with Gasteiger partial charge in [0.1, 0.15) is 0 Å². The van der Waals surface area contributed by atoms with Gasteiger partial charge >= 0.3 is 0 Å². The lowest BCUT2D eigenvalue weighted by molar-refractivity contribution is 0.0491. The lowest BCUT2D eigenvalue weighted by atomic mass is 10.2. The van der Waals surface area contributed by atoms with Crippen molar-refractivity contribution in [2.24, 2.45) is 0 Å². The summed E-state index contributed by atoms with van der Waals surface area (Å²) in [5, 5.41) is 3.60. The fourth-order valence-corrected chi connectivity index (χ4v) is 2.32. The monoisotopic (exact) mass is 195 g/mol. The van der Waals surface area contributed by atoms with Crippen LogP contribution in [0.4, 0.5) is 8.78 Å². The standard InChI is InChI=1S/C8H15F2NS/c1-8(9,10)6-12-7-3-2-4-11-5-7/h7,11H,2-6H2,1H3. The summed E-state index contributed by atoms with van der Waals surface area (Å²) >= 11 is 1.39. The highest BCUT2D eigenvalue weighted by molar-refractivity contribution is 8.00. The first-order valence-electron chi connectivity index (χ1n) is 4.28. The molecule has 1 rings (SSSR count). The van der Waals surface area contributed by atoms with Crippen LogP contribution >= 0.6 is 11.8 Å². The van der Waals surface area contributed by atoms with Gasteiger partial charge in [0.25, 0.3) is 5.92 Å². The van der Waals surface area contributed by atoms with Crippen LogP contribution in [-0.4, -0.2) is 30.0 Å². The molecule has 1 saturated heterocycles. The zero-order valence-corrected chi connectivity index (χ0v) is 8.09. The van der Waals surface area contributed by atoms with Crippen LogP contribution in [-0.2, 0) is 0 Å². The first-order chi connectivity index (χ1) is 5.58. The van der Waals surface area contributed by atoms with Crippen LogP contribution in [0.2, 0.25) is 0 Å². The zero-order chi connectivity index (χ0) is 9.03. The Labute approximate surface area is 76.3 Å². The number of hydrogen-bond acceptors (Lipinski definition) is 2. The average Bonchev–Trinajstić information content (AvgIpc) is 2.02. The number of thioether (sulfide) groups is 1. The van der Waals surface area contributed by atoms with Gasteiger partial charge in [0, 0.05) is 18.7 Å². The molecular formula is C8H15F2NS. The number of hydrogen-bond donors (Lipinski definition) is 1. The normalized spacial score (nSPS) is 25.8.